The Morgan fingerprint density at radius 3 is 2.81 bits per heavy atom. The van der Waals surface area contributed by atoms with Gasteiger partial charge in [0.1, 0.15) is 18.1 Å². The van der Waals surface area contributed by atoms with Crippen LogP contribution in [0.15, 0.2) is 58.7 Å². The van der Waals surface area contributed by atoms with Gasteiger partial charge in [0.2, 0.25) is 5.95 Å². The fourth-order valence-electron chi connectivity index (χ4n) is 3.00. The summed E-state index contributed by atoms with van der Waals surface area (Å²) in [5, 5.41) is 14.4. The topological polar surface area (TPSA) is 81.1 Å². The molecular weight excluding hydrogens is 350 g/mol. The van der Waals surface area contributed by atoms with Crippen molar-refractivity contribution >= 4 is 28.9 Å². The lowest BCUT2D eigenvalue weighted by Gasteiger charge is -2.28. The molecule has 4 rings (SSSR count). The molecule has 3 aromatic rings. The summed E-state index contributed by atoms with van der Waals surface area (Å²) in [6, 6.07) is 8.91. The summed E-state index contributed by atoms with van der Waals surface area (Å²) in [4.78, 5) is 17.3. The number of hydrogen-bond acceptors (Lipinski definition) is 6. The van der Waals surface area contributed by atoms with E-state index in [1.54, 1.807) is 23.1 Å². The number of methoxy groups -OCH3 is 1. The highest BCUT2D eigenvalue weighted by atomic mass is 32.1. The smallest absolute Gasteiger partial charge is 0.255 e. The number of carbonyl (C=O) groups is 1. The first-order valence-electron chi connectivity index (χ1n) is 8.02. The minimum absolute atomic E-state index is 0.183. The summed E-state index contributed by atoms with van der Waals surface area (Å²) >= 11 is 1.58. The minimum atomic E-state index is -0.321. The average molecular weight is 367 g/mol. The Hall–Kier alpha value is -3.13. The van der Waals surface area contributed by atoms with Gasteiger partial charge in [0.05, 0.1) is 12.7 Å². The van der Waals surface area contributed by atoms with Crippen LogP contribution in [0, 0.1) is 0 Å². The lowest BCUT2D eigenvalue weighted by Crippen LogP contribution is -2.31. The summed E-state index contributed by atoms with van der Waals surface area (Å²) in [6.07, 6.45) is 1.49. The van der Waals surface area contributed by atoms with Crippen molar-refractivity contribution in [2.75, 3.05) is 17.7 Å². The number of allylic oxidation sites excluding steroid dienone is 1. The number of thiophene rings is 1. The van der Waals surface area contributed by atoms with Crippen LogP contribution in [-0.2, 0) is 4.79 Å². The fraction of sp³-hybridized carbons (Fsp3) is 0.167. The van der Waals surface area contributed by atoms with Crippen molar-refractivity contribution in [1.82, 2.24) is 14.8 Å². The van der Waals surface area contributed by atoms with Gasteiger partial charge in [0.15, 0.2) is 0 Å². The van der Waals surface area contributed by atoms with E-state index in [0.29, 0.717) is 17.2 Å². The van der Waals surface area contributed by atoms with Crippen LogP contribution in [0.25, 0.3) is 0 Å². The lowest BCUT2D eigenvalue weighted by molar-refractivity contribution is -0.113. The van der Waals surface area contributed by atoms with Crippen molar-refractivity contribution in [3.05, 3.63) is 64.3 Å². The highest BCUT2D eigenvalue weighted by Gasteiger charge is 2.33. The van der Waals surface area contributed by atoms with Crippen molar-refractivity contribution in [3.63, 3.8) is 0 Å². The third-order valence-corrected chi connectivity index (χ3v) is 4.95. The van der Waals surface area contributed by atoms with Gasteiger partial charge in [0.25, 0.3) is 5.91 Å². The Morgan fingerprint density at radius 1 is 1.31 bits per heavy atom. The van der Waals surface area contributed by atoms with Gasteiger partial charge in [-0.05, 0) is 53.6 Å². The van der Waals surface area contributed by atoms with Gasteiger partial charge >= 0.3 is 0 Å². The van der Waals surface area contributed by atoms with Crippen LogP contribution in [-0.4, -0.2) is 27.8 Å². The van der Waals surface area contributed by atoms with Crippen LogP contribution < -0.4 is 15.4 Å². The van der Waals surface area contributed by atoms with Crippen molar-refractivity contribution in [1.29, 1.82) is 0 Å². The molecule has 0 saturated carbocycles. The second-order valence-electron chi connectivity index (χ2n) is 5.83. The summed E-state index contributed by atoms with van der Waals surface area (Å²) in [5.74, 6) is 1.18. The average Bonchev–Trinajstić information content (AvgIpc) is 3.32. The quantitative estimate of drug-likeness (QED) is 0.740. The van der Waals surface area contributed by atoms with Crippen molar-refractivity contribution in [3.8, 4) is 5.75 Å². The normalized spacial score (nSPS) is 16.0. The molecule has 2 aromatic heterocycles. The molecule has 0 spiro atoms. The largest absolute Gasteiger partial charge is 0.497 e. The Labute approximate surface area is 154 Å². The van der Waals surface area contributed by atoms with Crippen LogP contribution in [0.3, 0.4) is 0 Å². The van der Waals surface area contributed by atoms with Crippen molar-refractivity contribution in [2.45, 2.75) is 13.0 Å². The van der Waals surface area contributed by atoms with E-state index in [-0.39, 0.29) is 11.9 Å². The molecule has 2 N–H and O–H groups in total. The van der Waals surface area contributed by atoms with Gasteiger partial charge < -0.3 is 15.4 Å². The first-order chi connectivity index (χ1) is 12.7. The summed E-state index contributed by atoms with van der Waals surface area (Å²) in [6.45, 7) is 1.88. The van der Waals surface area contributed by atoms with Crippen LogP contribution >= 0.6 is 11.3 Å². The van der Waals surface area contributed by atoms with Crippen LogP contribution in [0.2, 0.25) is 0 Å². The molecule has 0 bridgehead atoms. The number of ether oxygens (including phenoxy) is 1. The lowest BCUT2D eigenvalue weighted by atomic mass is 9.97. The summed E-state index contributed by atoms with van der Waals surface area (Å²) in [5.41, 5.74) is 3.07. The maximum Gasteiger partial charge on any atom is 0.255 e. The van der Waals surface area contributed by atoms with E-state index >= 15 is 0 Å². The summed E-state index contributed by atoms with van der Waals surface area (Å²) < 4.78 is 6.89. The van der Waals surface area contributed by atoms with E-state index in [4.69, 9.17) is 4.74 Å². The third kappa shape index (κ3) is 2.84. The van der Waals surface area contributed by atoms with E-state index in [1.165, 1.54) is 6.33 Å². The number of aromatic nitrogens is 3. The molecule has 0 saturated heterocycles. The number of carbonyl (C=O) groups excluding carboxylic acids is 1. The second kappa shape index (κ2) is 6.64. The maximum atomic E-state index is 13.1. The molecule has 0 radical (unpaired) electrons. The molecule has 1 amide bonds. The monoisotopic (exact) mass is 367 g/mol. The molecule has 1 aliphatic heterocycles. The van der Waals surface area contributed by atoms with Gasteiger partial charge in [0, 0.05) is 11.4 Å². The number of benzene rings is 1. The van der Waals surface area contributed by atoms with Crippen LogP contribution in [0.5, 0.6) is 5.75 Å². The molecule has 7 nitrogen and oxygen atoms in total. The first-order valence-corrected chi connectivity index (χ1v) is 8.96. The van der Waals surface area contributed by atoms with E-state index in [1.807, 2.05) is 48.0 Å². The molecule has 3 heterocycles. The number of rotatable bonds is 4. The second-order valence-corrected chi connectivity index (χ2v) is 6.61. The van der Waals surface area contributed by atoms with Crippen molar-refractivity contribution < 1.29 is 9.53 Å². The van der Waals surface area contributed by atoms with Gasteiger partial charge in [-0.1, -0.05) is 0 Å². The van der Waals surface area contributed by atoms with Gasteiger partial charge in [-0.3, -0.25) is 4.79 Å². The molecule has 0 unspecified atom stereocenters. The zero-order chi connectivity index (χ0) is 18.1. The predicted molar refractivity (Wildman–Crippen MR) is 100 cm³/mol. The molecule has 0 aliphatic carbocycles. The number of hydrogen-bond donors (Lipinski definition) is 2. The van der Waals surface area contributed by atoms with E-state index in [2.05, 4.69) is 20.7 Å². The Bertz CT molecular complexity index is 960. The molecule has 1 aromatic carbocycles. The number of anilines is 2. The zero-order valence-electron chi connectivity index (χ0n) is 14.3. The minimum Gasteiger partial charge on any atom is -0.497 e. The molecular formula is C18H17N5O2S. The third-order valence-electron chi connectivity index (χ3n) is 4.25. The molecule has 1 aliphatic rings. The zero-order valence-corrected chi connectivity index (χ0v) is 15.1. The highest BCUT2D eigenvalue weighted by molar-refractivity contribution is 7.08. The van der Waals surface area contributed by atoms with E-state index in [9.17, 15) is 4.79 Å². The highest BCUT2D eigenvalue weighted by Crippen LogP contribution is 2.36. The van der Waals surface area contributed by atoms with Gasteiger partial charge in [-0.2, -0.15) is 21.4 Å². The SMILES string of the molecule is COc1ccc(NC(=O)C2=C(C)Nc3ncnn3[C@H]2c2ccsc2)cc1. The Kier molecular flexibility index (Phi) is 4.18. The number of nitrogens with one attached hydrogen (secondary N) is 2. The van der Waals surface area contributed by atoms with Gasteiger partial charge in [-0.15, -0.1) is 0 Å². The fourth-order valence-corrected chi connectivity index (χ4v) is 3.68. The van der Waals surface area contributed by atoms with E-state index in [0.717, 1.165) is 17.0 Å². The van der Waals surface area contributed by atoms with Gasteiger partial charge in [-0.25, -0.2) is 4.68 Å². The molecule has 1 atom stereocenters. The molecule has 26 heavy (non-hydrogen) atoms. The molecule has 132 valence electrons. The van der Waals surface area contributed by atoms with E-state index < -0.39 is 0 Å². The van der Waals surface area contributed by atoms with Crippen LogP contribution in [0.4, 0.5) is 11.6 Å². The number of amides is 1. The summed E-state index contributed by atoms with van der Waals surface area (Å²) in [7, 11) is 1.61. The maximum absolute atomic E-state index is 13.1. The number of nitrogens with zero attached hydrogens (tertiary/aromatic N) is 3. The standard InChI is InChI=1S/C18H17N5O2S/c1-11-15(17(24)22-13-3-5-14(25-2)6-4-13)16(12-7-8-26-9-12)23-18(21-11)19-10-20-23/h3-10,16H,1-2H3,(H,22,24)(H,19,20,21)/t16-/m0/s1. The Balaban J connectivity index is 1.69. The molecule has 0 fully saturated rings. The van der Waals surface area contributed by atoms with Crippen LogP contribution in [0.1, 0.15) is 18.5 Å². The number of fused-ring (bicyclic) bond motifs is 1. The Morgan fingerprint density at radius 2 is 2.12 bits per heavy atom. The first kappa shape index (κ1) is 16.3. The predicted octanol–water partition coefficient (Wildman–Crippen LogP) is 3.28. The molecule has 8 heteroatoms. The van der Waals surface area contributed by atoms with Crippen molar-refractivity contribution in [2.24, 2.45) is 0 Å².